The van der Waals surface area contributed by atoms with Crippen molar-refractivity contribution in [3.05, 3.63) is 65.2 Å². The summed E-state index contributed by atoms with van der Waals surface area (Å²) in [5, 5.41) is 12.4. The zero-order chi connectivity index (χ0) is 15.5. The summed E-state index contributed by atoms with van der Waals surface area (Å²) in [5.41, 5.74) is 0.792. The first-order chi connectivity index (χ1) is 10.6. The first-order valence-electron chi connectivity index (χ1n) is 6.66. The van der Waals surface area contributed by atoms with Crippen molar-refractivity contribution < 1.29 is 9.90 Å². The van der Waals surface area contributed by atoms with Crippen molar-refractivity contribution in [2.24, 2.45) is 0 Å². The number of anilines is 1. The maximum Gasteiger partial charge on any atom is 0.261 e. The summed E-state index contributed by atoms with van der Waals surface area (Å²) < 4.78 is 1.25. The van der Waals surface area contributed by atoms with Crippen LogP contribution in [0.5, 0.6) is 5.75 Å². The number of aromatic hydroxyl groups is 1. The first-order valence-corrected chi connectivity index (χ1v) is 6.66. The minimum atomic E-state index is -0.371. The molecule has 0 radical (unpaired) electrons. The monoisotopic (exact) mass is 295 g/mol. The van der Waals surface area contributed by atoms with Crippen LogP contribution in [0.3, 0.4) is 0 Å². The summed E-state index contributed by atoms with van der Waals surface area (Å²) in [5.74, 6) is -0.313. The molecule has 1 heterocycles. The predicted molar refractivity (Wildman–Crippen MR) is 82.7 cm³/mol. The zero-order valence-electron chi connectivity index (χ0n) is 11.6. The SMILES string of the molecule is O=C(Cn1cnc2ccccc2c1=O)Nc1cccc(O)c1. The molecule has 0 unspecified atom stereocenters. The number of hydrogen-bond donors (Lipinski definition) is 2. The Bertz CT molecular complexity index is 902. The van der Waals surface area contributed by atoms with Crippen molar-refractivity contribution in [2.45, 2.75) is 6.54 Å². The summed E-state index contributed by atoms with van der Waals surface area (Å²) in [6.07, 6.45) is 1.35. The van der Waals surface area contributed by atoms with Crippen molar-refractivity contribution >= 4 is 22.5 Å². The lowest BCUT2D eigenvalue weighted by atomic mass is 10.2. The third kappa shape index (κ3) is 2.80. The molecule has 3 rings (SSSR count). The van der Waals surface area contributed by atoms with Crippen LogP contribution in [0.15, 0.2) is 59.7 Å². The van der Waals surface area contributed by atoms with Gasteiger partial charge in [0.1, 0.15) is 12.3 Å². The van der Waals surface area contributed by atoms with Gasteiger partial charge >= 0.3 is 0 Å². The maximum absolute atomic E-state index is 12.3. The number of carbonyl (C=O) groups is 1. The van der Waals surface area contributed by atoms with E-state index in [1.165, 1.54) is 23.0 Å². The number of amides is 1. The lowest BCUT2D eigenvalue weighted by Crippen LogP contribution is -2.27. The fourth-order valence-electron chi connectivity index (χ4n) is 2.16. The Labute approximate surface area is 125 Å². The van der Waals surface area contributed by atoms with E-state index in [1.807, 2.05) is 0 Å². The molecule has 0 aliphatic heterocycles. The second kappa shape index (κ2) is 5.69. The standard InChI is InChI=1S/C16H13N3O3/c20-12-5-3-4-11(8-12)18-15(21)9-19-10-17-14-7-2-1-6-13(14)16(19)22/h1-8,10,20H,9H2,(H,18,21). The van der Waals surface area contributed by atoms with Crippen LogP contribution in [0.25, 0.3) is 10.9 Å². The van der Waals surface area contributed by atoms with Crippen molar-refractivity contribution in [1.29, 1.82) is 0 Å². The highest BCUT2D eigenvalue weighted by Crippen LogP contribution is 2.15. The minimum Gasteiger partial charge on any atom is -0.508 e. The number of nitrogens with one attached hydrogen (secondary N) is 1. The third-order valence-corrected chi connectivity index (χ3v) is 3.18. The fraction of sp³-hybridized carbons (Fsp3) is 0.0625. The topological polar surface area (TPSA) is 84.2 Å². The van der Waals surface area contributed by atoms with Gasteiger partial charge in [0.05, 0.1) is 17.2 Å². The second-order valence-corrected chi connectivity index (χ2v) is 4.79. The van der Waals surface area contributed by atoms with E-state index in [9.17, 15) is 14.7 Å². The maximum atomic E-state index is 12.3. The number of aromatic nitrogens is 2. The lowest BCUT2D eigenvalue weighted by Gasteiger charge is -2.08. The number of nitrogens with zero attached hydrogens (tertiary/aromatic N) is 2. The number of carbonyl (C=O) groups excluding carboxylic acids is 1. The summed E-state index contributed by atoms with van der Waals surface area (Å²) in [6, 6.07) is 13.2. The van der Waals surface area contributed by atoms with Crippen molar-refractivity contribution in [3.63, 3.8) is 0 Å². The van der Waals surface area contributed by atoms with Crippen LogP contribution in [0.4, 0.5) is 5.69 Å². The van der Waals surface area contributed by atoms with E-state index in [2.05, 4.69) is 10.3 Å². The number of para-hydroxylation sites is 1. The molecule has 1 amide bonds. The van der Waals surface area contributed by atoms with Crippen LogP contribution in [-0.2, 0) is 11.3 Å². The zero-order valence-corrected chi connectivity index (χ0v) is 11.6. The van der Waals surface area contributed by atoms with Gasteiger partial charge < -0.3 is 10.4 Å². The smallest absolute Gasteiger partial charge is 0.261 e. The fourth-order valence-corrected chi connectivity index (χ4v) is 2.16. The van der Waals surface area contributed by atoms with E-state index < -0.39 is 0 Å². The molecule has 0 saturated carbocycles. The molecule has 0 spiro atoms. The van der Waals surface area contributed by atoms with Crippen molar-refractivity contribution in [3.8, 4) is 5.75 Å². The molecule has 0 atom stereocenters. The molecule has 1 aromatic heterocycles. The van der Waals surface area contributed by atoms with Crippen molar-refractivity contribution in [1.82, 2.24) is 9.55 Å². The average molecular weight is 295 g/mol. The third-order valence-electron chi connectivity index (χ3n) is 3.18. The molecule has 0 fully saturated rings. The van der Waals surface area contributed by atoms with Gasteiger partial charge in [0, 0.05) is 11.8 Å². The molecule has 0 bridgehead atoms. The molecule has 6 heteroatoms. The number of hydrogen-bond acceptors (Lipinski definition) is 4. The molecular weight excluding hydrogens is 282 g/mol. The van der Waals surface area contributed by atoms with Crippen LogP contribution in [-0.4, -0.2) is 20.6 Å². The molecule has 0 aliphatic rings. The molecule has 3 aromatic rings. The van der Waals surface area contributed by atoms with Gasteiger partial charge in [-0.05, 0) is 24.3 Å². The summed E-state index contributed by atoms with van der Waals surface area (Å²) in [7, 11) is 0. The number of phenolic OH excluding ortho intramolecular Hbond substituents is 1. The minimum absolute atomic E-state index is 0.0577. The van der Waals surface area contributed by atoms with Crippen LogP contribution in [0, 0.1) is 0 Å². The van der Waals surface area contributed by atoms with Crippen LogP contribution in [0.2, 0.25) is 0 Å². The summed E-state index contributed by atoms with van der Waals surface area (Å²) >= 11 is 0. The highest BCUT2D eigenvalue weighted by Gasteiger charge is 2.08. The van der Waals surface area contributed by atoms with E-state index in [-0.39, 0.29) is 23.8 Å². The highest BCUT2D eigenvalue weighted by molar-refractivity contribution is 5.90. The molecule has 2 N–H and O–H groups in total. The number of benzene rings is 2. The van der Waals surface area contributed by atoms with Crippen LogP contribution < -0.4 is 10.9 Å². The normalized spacial score (nSPS) is 10.5. The van der Waals surface area contributed by atoms with Gasteiger partial charge in [0.2, 0.25) is 5.91 Å². The average Bonchev–Trinajstić information content (AvgIpc) is 2.50. The van der Waals surface area contributed by atoms with Gasteiger partial charge in [0.25, 0.3) is 5.56 Å². The molecular formula is C16H13N3O3. The van der Waals surface area contributed by atoms with Crippen LogP contribution in [0.1, 0.15) is 0 Å². The molecule has 0 saturated heterocycles. The quantitative estimate of drug-likeness (QED) is 0.771. The molecule has 6 nitrogen and oxygen atoms in total. The van der Waals surface area contributed by atoms with E-state index >= 15 is 0 Å². The van der Waals surface area contributed by atoms with Crippen molar-refractivity contribution in [2.75, 3.05) is 5.32 Å². The molecule has 22 heavy (non-hydrogen) atoms. The Kier molecular flexibility index (Phi) is 3.57. The van der Waals surface area contributed by atoms with E-state index in [4.69, 9.17) is 0 Å². The number of phenols is 1. The Morgan fingerprint density at radius 2 is 2.00 bits per heavy atom. The van der Waals surface area contributed by atoms with Gasteiger partial charge in [-0.15, -0.1) is 0 Å². The largest absolute Gasteiger partial charge is 0.508 e. The van der Waals surface area contributed by atoms with E-state index in [1.54, 1.807) is 36.4 Å². The lowest BCUT2D eigenvalue weighted by molar-refractivity contribution is -0.116. The molecule has 110 valence electrons. The Morgan fingerprint density at radius 1 is 1.18 bits per heavy atom. The Hall–Kier alpha value is -3.15. The highest BCUT2D eigenvalue weighted by atomic mass is 16.3. The number of rotatable bonds is 3. The van der Waals surface area contributed by atoms with Gasteiger partial charge in [0.15, 0.2) is 0 Å². The van der Waals surface area contributed by atoms with Gasteiger partial charge in [-0.25, -0.2) is 4.98 Å². The Balaban J connectivity index is 1.82. The van der Waals surface area contributed by atoms with Gasteiger partial charge in [-0.1, -0.05) is 18.2 Å². The molecule has 2 aromatic carbocycles. The van der Waals surface area contributed by atoms with E-state index in [0.29, 0.717) is 16.6 Å². The predicted octanol–water partition coefficient (Wildman–Crippen LogP) is 1.74. The van der Waals surface area contributed by atoms with E-state index in [0.717, 1.165) is 0 Å². The van der Waals surface area contributed by atoms with Gasteiger partial charge in [-0.2, -0.15) is 0 Å². The summed E-state index contributed by atoms with van der Waals surface area (Å²) in [4.78, 5) is 28.4. The van der Waals surface area contributed by atoms with Crippen LogP contribution >= 0.6 is 0 Å². The number of fused-ring (bicyclic) bond motifs is 1. The Morgan fingerprint density at radius 3 is 2.82 bits per heavy atom. The van der Waals surface area contributed by atoms with Gasteiger partial charge in [-0.3, -0.25) is 14.2 Å². The first kappa shape index (κ1) is 13.8. The summed E-state index contributed by atoms with van der Waals surface area (Å²) in [6.45, 7) is -0.147. The second-order valence-electron chi connectivity index (χ2n) is 4.79. The molecule has 0 aliphatic carbocycles.